The molecule has 1 heterocycles. The van der Waals surface area contributed by atoms with E-state index in [0.29, 0.717) is 6.42 Å². The maximum absolute atomic E-state index is 11.8. The van der Waals surface area contributed by atoms with E-state index in [1.165, 1.54) is 0 Å². The molecule has 22 heavy (non-hydrogen) atoms. The van der Waals surface area contributed by atoms with Crippen LogP contribution in [-0.2, 0) is 4.79 Å². The summed E-state index contributed by atoms with van der Waals surface area (Å²) < 4.78 is 0. The van der Waals surface area contributed by atoms with Crippen molar-refractivity contribution in [1.29, 1.82) is 0 Å². The highest BCUT2D eigenvalue weighted by atomic mass is 16.1. The number of nitrogens with one attached hydrogen (secondary N) is 1. The van der Waals surface area contributed by atoms with Crippen LogP contribution in [0.2, 0.25) is 0 Å². The number of anilines is 1. The zero-order chi connectivity index (χ0) is 15.6. The van der Waals surface area contributed by atoms with Gasteiger partial charge in [-0.3, -0.25) is 4.79 Å². The highest BCUT2D eigenvalue weighted by molar-refractivity contribution is 5.90. The molecule has 0 atom stereocenters. The zero-order valence-corrected chi connectivity index (χ0v) is 12.8. The number of benzene rings is 1. The van der Waals surface area contributed by atoms with Crippen molar-refractivity contribution in [1.82, 2.24) is 4.98 Å². The Morgan fingerprint density at radius 2 is 2.05 bits per heavy atom. The van der Waals surface area contributed by atoms with E-state index >= 15 is 0 Å². The SMILES string of the molecule is CCCCCC(=O)Nc1cccc(C#Cc2ccccn2)c1. The fourth-order valence-electron chi connectivity index (χ4n) is 2.01. The van der Waals surface area contributed by atoms with Gasteiger partial charge in [0.2, 0.25) is 5.91 Å². The second-order valence-corrected chi connectivity index (χ2v) is 5.05. The molecule has 0 fully saturated rings. The van der Waals surface area contributed by atoms with E-state index in [4.69, 9.17) is 0 Å². The van der Waals surface area contributed by atoms with Gasteiger partial charge < -0.3 is 5.32 Å². The highest BCUT2D eigenvalue weighted by Crippen LogP contribution is 2.11. The summed E-state index contributed by atoms with van der Waals surface area (Å²) in [6.07, 6.45) is 5.42. The van der Waals surface area contributed by atoms with E-state index in [-0.39, 0.29) is 5.91 Å². The lowest BCUT2D eigenvalue weighted by molar-refractivity contribution is -0.116. The first-order chi connectivity index (χ1) is 10.8. The molecule has 1 amide bonds. The molecule has 0 aliphatic carbocycles. The van der Waals surface area contributed by atoms with E-state index in [9.17, 15) is 4.79 Å². The largest absolute Gasteiger partial charge is 0.326 e. The molecule has 2 aromatic rings. The maximum Gasteiger partial charge on any atom is 0.224 e. The van der Waals surface area contributed by atoms with Crippen LogP contribution in [0.25, 0.3) is 0 Å². The molecule has 3 nitrogen and oxygen atoms in total. The molecule has 0 aliphatic rings. The molecule has 3 heteroatoms. The summed E-state index contributed by atoms with van der Waals surface area (Å²) in [6.45, 7) is 2.13. The van der Waals surface area contributed by atoms with E-state index < -0.39 is 0 Å². The van der Waals surface area contributed by atoms with Gasteiger partial charge in [0.25, 0.3) is 0 Å². The van der Waals surface area contributed by atoms with Crippen molar-refractivity contribution in [3.63, 3.8) is 0 Å². The number of carbonyl (C=O) groups excluding carboxylic acids is 1. The number of hydrogen-bond donors (Lipinski definition) is 1. The van der Waals surface area contributed by atoms with Gasteiger partial charge in [-0.1, -0.05) is 37.8 Å². The van der Waals surface area contributed by atoms with Crippen molar-refractivity contribution in [3.05, 3.63) is 59.9 Å². The Bertz CT molecular complexity index is 669. The lowest BCUT2D eigenvalue weighted by atomic mass is 10.1. The van der Waals surface area contributed by atoms with Gasteiger partial charge in [-0.05, 0) is 42.7 Å². The Labute approximate surface area is 131 Å². The maximum atomic E-state index is 11.8. The number of carbonyl (C=O) groups is 1. The van der Waals surface area contributed by atoms with Gasteiger partial charge in [0, 0.05) is 23.9 Å². The summed E-state index contributed by atoms with van der Waals surface area (Å²) in [4.78, 5) is 16.0. The average Bonchev–Trinajstić information content (AvgIpc) is 2.54. The molecule has 0 saturated heterocycles. The van der Waals surface area contributed by atoms with Crippen LogP contribution >= 0.6 is 0 Å². The quantitative estimate of drug-likeness (QED) is 0.668. The van der Waals surface area contributed by atoms with Gasteiger partial charge in [-0.15, -0.1) is 0 Å². The van der Waals surface area contributed by atoms with E-state index in [0.717, 1.165) is 36.2 Å². The van der Waals surface area contributed by atoms with Crippen molar-refractivity contribution in [2.45, 2.75) is 32.6 Å². The Balaban J connectivity index is 1.98. The number of pyridine rings is 1. The second kappa shape index (κ2) is 8.63. The molecule has 0 spiro atoms. The fourth-order valence-corrected chi connectivity index (χ4v) is 2.01. The standard InChI is InChI=1S/C19H20N2O/c1-2-3-4-11-19(22)21-18-10-7-8-16(15-18)12-13-17-9-5-6-14-20-17/h5-10,14-15H,2-4,11H2,1H3,(H,21,22). The second-order valence-electron chi connectivity index (χ2n) is 5.05. The van der Waals surface area contributed by atoms with Crippen LogP contribution in [0.1, 0.15) is 43.9 Å². The van der Waals surface area contributed by atoms with Crippen molar-refractivity contribution >= 4 is 11.6 Å². The van der Waals surface area contributed by atoms with Gasteiger partial charge in [0.1, 0.15) is 5.69 Å². The minimum absolute atomic E-state index is 0.0586. The van der Waals surface area contributed by atoms with Gasteiger partial charge in [0.05, 0.1) is 0 Å². The van der Waals surface area contributed by atoms with Gasteiger partial charge in [0.15, 0.2) is 0 Å². The number of unbranched alkanes of at least 4 members (excludes halogenated alkanes) is 2. The lowest BCUT2D eigenvalue weighted by Crippen LogP contribution is -2.10. The summed E-state index contributed by atoms with van der Waals surface area (Å²) in [5, 5.41) is 2.92. The normalized spacial score (nSPS) is 9.68. The van der Waals surface area contributed by atoms with Crippen molar-refractivity contribution in [2.75, 3.05) is 5.32 Å². The van der Waals surface area contributed by atoms with Crippen LogP contribution in [0.4, 0.5) is 5.69 Å². The minimum atomic E-state index is 0.0586. The van der Waals surface area contributed by atoms with Gasteiger partial charge >= 0.3 is 0 Å². The van der Waals surface area contributed by atoms with Crippen LogP contribution < -0.4 is 5.32 Å². The number of aromatic nitrogens is 1. The first-order valence-corrected chi connectivity index (χ1v) is 7.61. The Kier molecular flexibility index (Phi) is 6.19. The van der Waals surface area contributed by atoms with Crippen LogP contribution in [0.5, 0.6) is 0 Å². The Morgan fingerprint density at radius 1 is 1.14 bits per heavy atom. The van der Waals surface area contributed by atoms with E-state index in [1.807, 2.05) is 42.5 Å². The first-order valence-electron chi connectivity index (χ1n) is 7.61. The predicted octanol–water partition coefficient (Wildman–Crippen LogP) is 4.00. The van der Waals surface area contributed by atoms with Crippen molar-refractivity contribution in [3.8, 4) is 11.8 Å². The molecule has 1 aromatic heterocycles. The molecule has 0 saturated carbocycles. The van der Waals surface area contributed by atoms with E-state index in [2.05, 4.69) is 29.1 Å². The van der Waals surface area contributed by atoms with Crippen molar-refractivity contribution in [2.24, 2.45) is 0 Å². The summed E-state index contributed by atoms with van der Waals surface area (Å²) in [5.74, 6) is 6.13. The smallest absolute Gasteiger partial charge is 0.224 e. The third kappa shape index (κ3) is 5.41. The molecule has 1 N–H and O–H groups in total. The van der Waals surface area contributed by atoms with Gasteiger partial charge in [-0.2, -0.15) is 0 Å². The number of amides is 1. The Hall–Kier alpha value is -2.60. The van der Waals surface area contributed by atoms with E-state index in [1.54, 1.807) is 6.20 Å². The molecule has 0 radical (unpaired) electrons. The van der Waals surface area contributed by atoms with Crippen LogP contribution in [-0.4, -0.2) is 10.9 Å². The number of rotatable bonds is 5. The Morgan fingerprint density at radius 3 is 2.82 bits per heavy atom. The number of hydrogen-bond acceptors (Lipinski definition) is 2. The highest BCUT2D eigenvalue weighted by Gasteiger charge is 2.02. The molecule has 0 aliphatic heterocycles. The van der Waals surface area contributed by atoms with Gasteiger partial charge in [-0.25, -0.2) is 4.98 Å². The zero-order valence-electron chi connectivity index (χ0n) is 12.8. The summed E-state index contributed by atoms with van der Waals surface area (Å²) in [6, 6.07) is 13.2. The van der Waals surface area contributed by atoms with Crippen LogP contribution in [0, 0.1) is 11.8 Å². The molecule has 1 aromatic carbocycles. The molecule has 112 valence electrons. The molecule has 0 bridgehead atoms. The molecule has 0 unspecified atom stereocenters. The summed E-state index contributed by atoms with van der Waals surface area (Å²) >= 11 is 0. The lowest BCUT2D eigenvalue weighted by Gasteiger charge is -2.05. The fraction of sp³-hybridized carbons (Fsp3) is 0.263. The predicted molar refractivity (Wildman–Crippen MR) is 89.4 cm³/mol. The number of nitrogens with zero attached hydrogens (tertiary/aromatic N) is 1. The topological polar surface area (TPSA) is 42.0 Å². The third-order valence-electron chi connectivity index (χ3n) is 3.15. The molecular formula is C19H20N2O. The van der Waals surface area contributed by atoms with Crippen LogP contribution in [0.3, 0.4) is 0 Å². The molecular weight excluding hydrogens is 272 g/mol. The average molecular weight is 292 g/mol. The summed E-state index contributed by atoms with van der Waals surface area (Å²) in [5.41, 5.74) is 2.38. The minimum Gasteiger partial charge on any atom is -0.326 e. The summed E-state index contributed by atoms with van der Waals surface area (Å²) in [7, 11) is 0. The van der Waals surface area contributed by atoms with Crippen LogP contribution in [0.15, 0.2) is 48.7 Å². The monoisotopic (exact) mass is 292 g/mol. The molecule has 2 rings (SSSR count). The first kappa shape index (κ1) is 15.8. The third-order valence-corrected chi connectivity index (χ3v) is 3.15. The van der Waals surface area contributed by atoms with Crippen molar-refractivity contribution < 1.29 is 4.79 Å².